The van der Waals surface area contributed by atoms with Crippen LogP contribution in [-0.2, 0) is 0 Å². The summed E-state index contributed by atoms with van der Waals surface area (Å²) in [6.45, 7) is 4.04. The lowest BCUT2D eigenvalue weighted by Gasteiger charge is -2.19. The molecule has 0 atom stereocenters. The molecule has 3 N–H and O–H groups in total. The largest absolute Gasteiger partial charge is 0.383 e. The molecule has 3 heterocycles. The Morgan fingerprint density at radius 1 is 1.29 bits per heavy atom. The molecule has 0 amide bonds. The Morgan fingerprint density at radius 3 is 3.05 bits per heavy atom. The van der Waals surface area contributed by atoms with Gasteiger partial charge in [-0.1, -0.05) is 0 Å². The van der Waals surface area contributed by atoms with E-state index in [-0.39, 0.29) is 11.6 Å². The molecule has 0 spiro atoms. The Hall–Kier alpha value is -1.92. The number of hydrogen-bond donors (Lipinski definition) is 2. The fraction of sp³-hybridized carbons (Fsp3) is 0.333. The Balaban J connectivity index is 1.81. The summed E-state index contributed by atoms with van der Waals surface area (Å²) in [6.07, 6.45) is 2.72. The maximum atomic E-state index is 12.5. The Kier molecular flexibility index (Phi) is 4.17. The second kappa shape index (κ2) is 6.24. The molecule has 1 fully saturated rings. The first-order valence-corrected chi connectivity index (χ1v) is 7.88. The van der Waals surface area contributed by atoms with Crippen molar-refractivity contribution in [3.05, 3.63) is 40.9 Å². The SMILES string of the molecule is Nc1ncccc1C(=O)c1ccc(N2CCCNCC2)s1. The Labute approximate surface area is 127 Å². The zero-order valence-electron chi connectivity index (χ0n) is 11.7. The molecule has 2 aromatic heterocycles. The van der Waals surface area contributed by atoms with Crippen molar-refractivity contribution in [3.8, 4) is 0 Å². The van der Waals surface area contributed by atoms with Gasteiger partial charge < -0.3 is 16.0 Å². The molecule has 1 aliphatic heterocycles. The topological polar surface area (TPSA) is 71.2 Å². The third kappa shape index (κ3) is 3.06. The van der Waals surface area contributed by atoms with E-state index in [1.54, 1.807) is 18.3 Å². The van der Waals surface area contributed by atoms with Crippen molar-refractivity contribution in [1.29, 1.82) is 0 Å². The van der Waals surface area contributed by atoms with Crippen LogP contribution < -0.4 is 16.0 Å². The first-order valence-electron chi connectivity index (χ1n) is 7.06. The van der Waals surface area contributed by atoms with Crippen molar-refractivity contribution in [3.63, 3.8) is 0 Å². The van der Waals surface area contributed by atoms with Gasteiger partial charge in [0, 0.05) is 25.8 Å². The van der Waals surface area contributed by atoms with Crippen molar-refractivity contribution in [2.75, 3.05) is 36.8 Å². The number of ketones is 1. The number of anilines is 2. The van der Waals surface area contributed by atoms with Crippen LogP contribution in [-0.4, -0.2) is 36.9 Å². The number of nitrogens with two attached hydrogens (primary N) is 1. The summed E-state index contributed by atoms with van der Waals surface area (Å²) in [5, 5.41) is 4.52. The van der Waals surface area contributed by atoms with Crippen LogP contribution in [0.25, 0.3) is 0 Å². The smallest absolute Gasteiger partial charge is 0.206 e. The first-order chi connectivity index (χ1) is 10.3. The van der Waals surface area contributed by atoms with Crippen LogP contribution in [0.2, 0.25) is 0 Å². The van der Waals surface area contributed by atoms with Crippen molar-refractivity contribution in [1.82, 2.24) is 10.3 Å². The van der Waals surface area contributed by atoms with E-state index >= 15 is 0 Å². The van der Waals surface area contributed by atoms with E-state index in [4.69, 9.17) is 5.73 Å². The molecule has 5 nitrogen and oxygen atoms in total. The van der Waals surface area contributed by atoms with Gasteiger partial charge in [0.25, 0.3) is 0 Å². The number of rotatable bonds is 3. The highest BCUT2D eigenvalue weighted by molar-refractivity contribution is 7.18. The van der Waals surface area contributed by atoms with Gasteiger partial charge in [-0.25, -0.2) is 4.98 Å². The maximum absolute atomic E-state index is 12.5. The summed E-state index contributed by atoms with van der Waals surface area (Å²) < 4.78 is 0. The summed E-state index contributed by atoms with van der Waals surface area (Å²) in [4.78, 5) is 19.5. The first kappa shape index (κ1) is 14.0. The second-order valence-corrected chi connectivity index (χ2v) is 6.06. The number of nitrogens with zero attached hydrogens (tertiary/aromatic N) is 2. The van der Waals surface area contributed by atoms with E-state index in [2.05, 4.69) is 15.2 Å². The number of carbonyl (C=O) groups is 1. The van der Waals surface area contributed by atoms with Crippen molar-refractivity contribution in [2.45, 2.75) is 6.42 Å². The molecule has 2 aromatic rings. The summed E-state index contributed by atoms with van der Waals surface area (Å²) in [5.41, 5.74) is 6.26. The molecule has 0 unspecified atom stereocenters. The van der Waals surface area contributed by atoms with Crippen molar-refractivity contribution < 1.29 is 4.79 Å². The average molecular weight is 302 g/mol. The van der Waals surface area contributed by atoms with E-state index in [0.29, 0.717) is 10.4 Å². The summed E-state index contributed by atoms with van der Waals surface area (Å²) in [6, 6.07) is 7.36. The van der Waals surface area contributed by atoms with Gasteiger partial charge in [-0.05, 0) is 37.2 Å². The zero-order chi connectivity index (χ0) is 14.7. The highest BCUT2D eigenvalue weighted by Gasteiger charge is 2.17. The minimum atomic E-state index is -0.0511. The molecule has 0 bridgehead atoms. The third-order valence-electron chi connectivity index (χ3n) is 3.55. The van der Waals surface area contributed by atoms with Gasteiger partial charge in [0.15, 0.2) is 0 Å². The van der Waals surface area contributed by atoms with Gasteiger partial charge in [-0.2, -0.15) is 0 Å². The lowest BCUT2D eigenvalue weighted by atomic mass is 10.1. The Morgan fingerprint density at radius 2 is 2.19 bits per heavy atom. The minimum absolute atomic E-state index is 0.0511. The van der Waals surface area contributed by atoms with Crippen LogP contribution in [0.15, 0.2) is 30.5 Å². The van der Waals surface area contributed by atoms with Crippen LogP contribution in [0.4, 0.5) is 10.8 Å². The fourth-order valence-corrected chi connectivity index (χ4v) is 3.44. The lowest BCUT2D eigenvalue weighted by Crippen LogP contribution is -2.26. The van der Waals surface area contributed by atoms with Crippen molar-refractivity contribution in [2.24, 2.45) is 0 Å². The highest BCUT2D eigenvalue weighted by Crippen LogP contribution is 2.29. The predicted octanol–water partition coefficient (Wildman–Crippen LogP) is 1.76. The van der Waals surface area contributed by atoms with E-state index in [1.165, 1.54) is 11.3 Å². The number of nitrogens with one attached hydrogen (secondary N) is 1. The summed E-state index contributed by atoms with van der Waals surface area (Å²) in [7, 11) is 0. The Bertz CT molecular complexity index is 632. The molecule has 0 saturated carbocycles. The van der Waals surface area contributed by atoms with Gasteiger partial charge in [-0.3, -0.25) is 4.79 Å². The van der Waals surface area contributed by atoms with Crippen LogP contribution in [0, 0.1) is 0 Å². The quantitative estimate of drug-likeness (QED) is 0.845. The predicted molar refractivity (Wildman–Crippen MR) is 86.1 cm³/mol. The molecule has 21 heavy (non-hydrogen) atoms. The third-order valence-corrected chi connectivity index (χ3v) is 4.70. The highest BCUT2D eigenvalue weighted by atomic mass is 32.1. The minimum Gasteiger partial charge on any atom is -0.383 e. The van der Waals surface area contributed by atoms with Gasteiger partial charge >= 0.3 is 0 Å². The molecular weight excluding hydrogens is 284 g/mol. The molecule has 0 radical (unpaired) electrons. The van der Waals surface area contributed by atoms with E-state index in [1.807, 2.05) is 12.1 Å². The van der Waals surface area contributed by atoms with Gasteiger partial charge in [0.05, 0.1) is 15.4 Å². The van der Waals surface area contributed by atoms with Crippen LogP contribution in [0.1, 0.15) is 21.7 Å². The number of thiophene rings is 1. The number of carbonyl (C=O) groups excluding carboxylic acids is 1. The second-order valence-electron chi connectivity index (χ2n) is 4.99. The van der Waals surface area contributed by atoms with Crippen molar-refractivity contribution >= 4 is 27.9 Å². The van der Waals surface area contributed by atoms with Crippen LogP contribution in [0.3, 0.4) is 0 Å². The summed E-state index contributed by atoms with van der Waals surface area (Å²) in [5.74, 6) is 0.237. The molecule has 0 aromatic carbocycles. The zero-order valence-corrected chi connectivity index (χ0v) is 12.5. The van der Waals surface area contributed by atoms with E-state index < -0.39 is 0 Å². The monoisotopic (exact) mass is 302 g/mol. The molecule has 1 aliphatic rings. The van der Waals surface area contributed by atoms with Gasteiger partial charge in [0.1, 0.15) is 5.82 Å². The number of pyridine rings is 1. The molecule has 3 rings (SSSR count). The fourth-order valence-electron chi connectivity index (χ4n) is 2.43. The van der Waals surface area contributed by atoms with E-state index in [9.17, 15) is 4.79 Å². The number of hydrogen-bond acceptors (Lipinski definition) is 6. The number of nitrogen functional groups attached to an aromatic ring is 1. The van der Waals surface area contributed by atoms with Gasteiger partial charge in [-0.15, -0.1) is 11.3 Å². The maximum Gasteiger partial charge on any atom is 0.206 e. The van der Waals surface area contributed by atoms with Crippen LogP contribution in [0.5, 0.6) is 0 Å². The molecular formula is C15H18N4OS. The normalized spacial score (nSPS) is 15.7. The summed E-state index contributed by atoms with van der Waals surface area (Å²) >= 11 is 1.53. The molecule has 1 saturated heterocycles. The standard InChI is InChI=1S/C15H18N4OS/c16-15-11(3-1-7-18-15)14(20)12-4-5-13(21-12)19-9-2-6-17-8-10-19/h1,3-5,7,17H,2,6,8-10H2,(H2,16,18). The van der Waals surface area contributed by atoms with E-state index in [0.717, 1.165) is 37.6 Å². The molecule has 0 aliphatic carbocycles. The molecule has 6 heteroatoms. The number of aromatic nitrogens is 1. The van der Waals surface area contributed by atoms with Crippen LogP contribution >= 0.6 is 11.3 Å². The molecule has 110 valence electrons. The van der Waals surface area contributed by atoms with Gasteiger partial charge in [0.2, 0.25) is 5.78 Å². The lowest BCUT2D eigenvalue weighted by molar-refractivity contribution is 0.104. The average Bonchev–Trinajstić information content (AvgIpc) is 2.83.